The molecule has 286 valence electrons. The fraction of sp³-hybridized carbons (Fsp3) is 1.00. The molecule has 0 radical (unpaired) electrons. The van der Waals surface area contributed by atoms with Gasteiger partial charge in [-0.15, -0.1) is 0 Å². The molecular weight excluding hydrogens is 727 g/mol. The zero-order valence-electron chi connectivity index (χ0n) is 34.6. The van der Waals surface area contributed by atoms with E-state index in [1.807, 2.05) is 0 Å². The number of hydrogen-bond acceptors (Lipinski definition) is 7. The van der Waals surface area contributed by atoms with Gasteiger partial charge in [-0.3, -0.25) is 0 Å². The molecule has 9 heteroatoms. The van der Waals surface area contributed by atoms with Gasteiger partial charge in [0.05, 0.1) is 0 Å². The summed E-state index contributed by atoms with van der Waals surface area (Å²) >= 11 is -2.98. The Morgan fingerprint density at radius 2 is 1.35 bits per heavy atom. The van der Waals surface area contributed by atoms with E-state index in [0.717, 1.165) is 12.8 Å². The Labute approximate surface area is 302 Å². The Bertz CT molecular complexity index is 926. The Hall–Kier alpha value is 0.736. The molecule has 0 spiro atoms. The van der Waals surface area contributed by atoms with Crippen molar-refractivity contribution in [3.05, 3.63) is 0 Å². The molecule has 6 atom stereocenters. The van der Waals surface area contributed by atoms with Crippen molar-refractivity contribution in [2.75, 3.05) is 34.4 Å². The molecule has 5 unspecified atom stereocenters. The molecule has 0 bridgehead atoms. The minimum atomic E-state index is -2.98. The molecule has 2 rings (SSSR count). The Morgan fingerprint density at radius 1 is 0.833 bits per heavy atom. The van der Waals surface area contributed by atoms with Crippen LogP contribution in [0.1, 0.15) is 134 Å². The van der Waals surface area contributed by atoms with Gasteiger partial charge in [0, 0.05) is 0 Å². The Morgan fingerprint density at radius 3 is 1.79 bits per heavy atom. The molecular formula is C39H80O7SiSn. The zero-order valence-corrected chi connectivity index (χ0v) is 38.4. The molecule has 1 aliphatic carbocycles. The number of ether oxygens (including phenoxy) is 7. The van der Waals surface area contributed by atoms with Crippen molar-refractivity contribution in [3.63, 3.8) is 0 Å². The fourth-order valence-electron chi connectivity index (χ4n) is 8.93. The summed E-state index contributed by atoms with van der Waals surface area (Å²) in [5.41, 5.74) is -1.11. The third-order valence-corrected chi connectivity index (χ3v) is 35.1. The number of fused-ring (bicyclic) bond motifs is 1. The van der Waals surface area contributed by atoms with Gasteiger partial charge in [-0.1, -0.05) is 0 Å². The molecule has 0 aromatic heterocycles. The maximum absolute atomic E-state index is 7.33. The standard InChI is InChI=1S/C27H53O7Si.3C4H9.Sn/c1-23(2,3)32-20-16-21(35(12,13)24(4,5)6)27(17-31-19-29-11)22(33-25(7,8)34-27)26(20,9)14-15-30-18-28-10;3*1-3-4-2;/h15,20-22H,14,16-19H2,1-13H3;3*1,3-4H2,2H3;. The van der Waals surface area contributed by atoms with Gasteiger partial charge in [0.25, 0.3) is 0 Å². The van der Waals surface area contributed by atoms with E-state index in [1.165, 1.54) is 51.8 Å². The Kier molecular flexibility index (Phi) is 17.0. The molecule has 2 aliphatic rings. The maximum atomic E-state index is 7.33. The molecule has 0 aromatic rings. The second-order valence-electron chi connectivity index (χ2n) is 18.6. The average Bonchev–Trinajstić information content (AvgIpc) is 3.27. The van der Waals surface area contributed by atoms with Crippen LogP contribution < -0.4 is 0 Å². The van der Waals surface area contributed by atoms with Crippen LogP contribution in [0.4, 0.5) is 0 Å². The van der Waals surface area contributed by atoms with Crippen molar-refractivity contribution in [1.29, 1.82) is 0 Å². The average molecular weight is 808 g/mol. The monoisotopic (exact) mass is 808 g/mol. The molecule has 1 saturated heterocycles. The molecule has 1 aliphatic heterocycles. The van der Waals surface area contributed by atoms with Crippen LogP contribution in [0.2, 0.25) is 37.0 Å². The molecule has 0 N–H and O–H groups in total. The minimum absolute atomic E-state index is 0.0316. The number of hydrogen-bond donors (Lipinski definition) is 0. The van der Waals surface area contributed by atoms with Gasteiger partial charge in [-0.2, -0.15) is 0 Å². The van der Waals surface area contributed by atoms with Gasteiger partial charge >= 0.3 is 304 Å². The van der Waals surface area contributed by atoms with Crippen LogP contribution in [-0.4, -0.2) is 94.2 Å². The van der Waals surface area contributed by atoms with E-state index in [-0.39, 0.29) is 44.7 Å². The predicted octanol–water partition coefficient (Wildman–Crippen LogP) is 10.7. The first kappa shape index (κ1) is 44.9. The first-order chi connectivity index (χ1) is 22.1. The van der Waals surface area contributed by atoms with Crippen LogP contribution in [0.5, 0.6) is 0 Å². The summed E-state index contributed by atoms with van der Waals surface area (Å²) in [6.07, 6.45) is 9.07. The second-order valence-corrected chi connectivity index (χ2v) is 38.2. The van der Waals surface area contributed by atoms with Crippen molar-refractivity contribution in [1.82, 2.24) is 0 Å². The first-order valence-corrected chi connectivity index (χ1v) is 30.2. The molecule has 48 heavy (non-hydrogen) atoms. The topological polar surface area (TPSA) is 64.6 Å². The fourth-order valence-corrected chi connectivity index (χ4v) is 29.9. The third kappa shape index (κ3) is 10.7. The number of unbranched alkanes of at least 4 members (excludes halogenated alkanes) is 3. The molecule has 1 saturated carbocycles. The number of rotatable bonds is 21. The number of methoxy groups -OCH3 is 2. The molecule has 0 amide bonds. The molecule has 0 aromatic carbocycles. The van der Waals surface area contributed by atoms with Crippen LogP contribution in [0.15, 0.2) is 0 Å². The summed E-state index contributed by atoms with van der Waals surface area (Å²) < 4.78 is 50.8. The third-order valence-electron chi connectivity index (χ3n) is 12.3. The van der Waals surface area contributed by atoms with Crippen molar-refractivity contribution < 1.29 is 33.2 Å². The summed E-state index contributed by atoms with van der Waals surface area (Å²) in [6, 6.07) is 0. The first-order valence-electron chi connectivity index (χ1n) is 19.4. The molecule has 2 fully saturated rings. The zero-order chi connectivity index (χ0) is 36.7. The van der Waals surface area contributed by atoms with Crippen molar-refractivity contribution in [2.45, 2.75) is 205 Å². The van der Waals surface area contributed by atoms with E-state index in [2.05, 4.69) is 96.2 Å². The van der Waals surface area contributed by atoms with E-state index >= 15 is 0 Å². The van der Waals surface area contributed by atoms with Crippen molar-refractivity contribution in [2.24, 2.45) is 5.41 Å². The van der Waals surface area contributed by atoms with Gasteiger partial charge in [-0.05, 0) is 0 Å². The van der Waals surface area contributed by atoms with Gasteiger partial charge in [-0.25, -0.2) is 0 Å². The van der Waals surface area contributed by atoms with Crippen LogP contribution in [0, 0.1) is 5.41 Å². The Balaban J connectivity index is 2.93. The predicted molar refractivity (Wildman–Crippen MR) is 205 cm³/mol. The van der Waals surface area contributed by atoms with E-state index in [0.29, 0.717) is 13.4 Å². The van der Waals surface area contributed by atoms with E-state index < -0.39 is 37.8 Å². The van der Waals surface area contributed by atoms with Crippen LogP contribution in [-0.2, 0) is 33.2 Å². The molecule has 1 heterocycles. The summed E-state index contributed by atoms with van der Waals surface area (Å²) in [5, 5.41) is 0.128. The normalized spacial score (nSPS) is 28.9. The van der Waals surface area contributed by atoms with Gasteiger partial charge in [0.2, 0.25) is 0 Å². The summed E-state index contributed by atoms with van der Waals surface area (Å²) in [7, 11) is 1.41. The summed E-state index contributed by atoms with van der Waals surface area (Å²) in [6.45, 7) is 33.6. The van der Waals surface area contributed by atoms with Crippen LogP contribution in [0.25, 0.3) is 0 Å². The van der Waals surface area contributed by atoms with E-state index in [9.17, 15) is 0 Å². The van der Waals surface area contributed by atoms with Crippen molar-refractivity contribution >= 4 is 26.5 Å². The van der Waals surface area contributed by atoms with Crippen LogP contribution in [0.3, 0.4) is 0 Å². The SMILES string of the molecule is CCC[CH2][Sn]([CH2]CCC)([CH2]CCC)[C@@H](CC1(C)C(OC(C)(C)C)CC([Si](C)(C)C(C)(C)C)C2(COCOC)OC(C)(C)OC12)OCOC. The molecule has 7 nitrogen and oxygen atoms in total. The van der Waals surface area contributed by atoms with Crippen molar-refractivity contribution in [3.8, 4) is 0 Å². The quantitative estimate of drug-likeness (QED) is 0.0650. The second kappa shape index (κ2) is 18.2. The van der Waals surface area contributed by atoms with E-state index in [4.69, 9.17) is 33.2 Å². The van der Waals surface area contributed by atoms with Crippen LogP contribution >= 0.6 is 0 Å². The van der Waals surface area contributed by atoms with Gasteiger partial charge in [0.15, 0.2) is 0 Å². The summed E-state index contributed by atoms with van der Waals surface area (Å²) in [5.74, 6) is -0.768. The summed E-state index contributed by atoms with van der Waals surface area (Å²) in [4.78, 5) is 0. The van der Waals surface area contributed by atoms with Gasteiger partial charge < -0.3 is 0 Å². The van der Waals surface area contributed by atoms with E-state index in [1.54, 1.807) is 14.2 Å². The van der Waals surface area contributed by atoms with Gasteiger partial charge in [0.1, 0.15) is 0 Å².